The molecule has 0 radical (unpaired) electrons. The molecule has 18 heavy (non-hydrogen) atoms. The average Bonchev–Trinajstić information content (AvgIpc) is 2.34. The lowest BCUT2D eigenvalue weighted by molar-refractivity contribution is -0.121. The van der Waals surface area contributed by atoms with Gasteiger partial charge in [-0.1, -0.05) is 37.6 Å². The second-order valence-electron chi connectivity index (χ2n) is 4.83. The van der Waals surface area contributed by atoms with Crippen LogP contribution in [0.25, 0.3) is 0 Å². The van der Waals surface area contributed by atoms with Crippen molar-refractivity contribution in [1.29, 1.82) is 5.26 Å². The summed E-state index contributed by atoms with van der Waals surface area (Å²) in [5.74, 6) is -0.0846. The molecule has 0 aromatic heterocycles. The average molecular weight is 265 g/mol. The molecule has 0 aliphatic carbocycles. The Bertz CT molecular complexity index is 446. The lowest BCUT2D eigenvalue weighted by Crippen LogP contribution is -2.36. The molecule has 4 heteroatoms. The molecule has 0 atom stereocenters. The molecule has 0 aliphatic rings. The van der Waals surface area contributed by atoms with Crippen molar-refractivity contribution in [2.75, 3.05) is 6.54 Å². The van der Waals surface area contributed by atoms with Crippen molar-refractivity contribution >= 4 is 17.5 Å². The van der Waals surface area contributed by atoms with Crippen molar-refractivity contribution in [1.82, 2.24) is 5.32 Å². The predicted octanol–water partition coefficient (Wildman–Crippen LogP) is 3.04. The van der Waals surface area contributed by atoms with Crippen LogP contribution in [0, 0.1) is 11.3 Å². The third kappa shape index (κ3) is 4.38. The van der Waals surface area contributed by atoms with Crippen LogP contribution in [0.1, 0.15) is 32.3 Å². The summed E-state index contributed by atoms with van der Waals surface area (Å²) in [7, 11) is 0. The van der Waals surface area contributed by atoms with E-state index in [0.717, 1.165) is 5.56 Å². The largest absolute Gasteiger partial charge is 0.355 e. The number of halogens is 1. The first-order chi connectivity index (χ1) is 8.45. The fourth-order valence-electron chi connectivity index (χ4n) is 1.58. The second-order valence-corrected chi connectivity index (χ2v) is 5.26. The lowest BCUT2D eigenvalue weighted by atomic mass is 9.84. The Morgan fingerprint density at radius 2 is 2.00 bits per heavy atom. The first kappa shape index (κ1) is 14.5. The van der Waals surface area contributed by atoms with E-state index in [1.165, 1.54) is 0 Å². The molecule has 0 heterocycles. The molecule has 0 fully saturated rings. The van der Waals surface area contributed by atoms with Gasteiger partial charge < -0.3 is 5.32 Å². The van der Waals surface area contributed by atoms with Gasteiger partial charge in [-0.05, 0) is 17.7 Å². The maximum atomic E-state index is 11.5. The van der Waals surface area contributed by atoms with Crippen LogP contribution in [0.15, 0.2) is 24.3 Å². The Hall–Kier alpha value is -1.53. The van der Waals surface area contributed by atoms with Crippen LogP contribution in [0.4, 0.5) is 0 Å². The van der Waals surface area contributed by atoms with Gasteiger partial charge in [0.1, 0.15) is 0 Å². The van der Waals surface area contributed by atoms with Gasteiger partial charge in [0.15, 0.2) is 0 Å². The molecular weight excluding hydrogens is 248 g/mol. The van der Waals surface area contributed by atoms with Crippen LogP contribution in [0.2, 0.25) is 5.02 Å². The van der Waals surface area contributed by atoms with Gasteiger partial charge in [0, 0.05) is 29.8 Å². The minimum absolute atomic E-state index is 0.0846. The first-order valence-electron chi connectivity index (χ1n) is 5.85. The van der Waals surface area contributed by atoms with Crippen molar-refractivity contribution in [2.45, 2.75) is 32.1 Å². The number of hydrogen-bond donors (Lipinski definition) is 1. The summed E-state index contributed by atoms with van der Waals surface area (Å²) < 4.78 is 0. The zero-order chi connectivity index (χ0) is 13.6. The number of nitrogens with zero attached hydrogens (tertiary/aromatic N) is 1. The van der Waals surface area contributed by atoms with E-state index < -0.39 is 0 Å². The van der Waals surface area contributed by atoms with E-state index in [0.29, 0.717) is 11.6 Å². The highest BCUT2D eigenvalue weighted by Crippen LogP contribution is 2.23. The zero-order valence-electron chi connectivity index (χ0n) is 10.7. The second kappa shape index (κ2) is 6.42. The number of hydrogen-bond acceptors (Lipinski definition) is 2. The van der Waals surface area contributed by atoms with Crippen LogP contribution in [0.5, 0.6) is 0 Å². The summed E-state index contributed by atoms with van der Waals surface area (Å²) in [4.78, 5) is 11.5. The Morgan fingerprint density at radius 1 is 1.39 bits per heavy atom. The summed E-state index contributed by atoms with van der Waals surface area (Å²) in [6.07, 6.45) is 0.514. The fraction of sp³-hybridized carbons (Fsp3) is 0.429. The zero-order valence-corrected chi connectivity index (χ0v) is 11.4. The first-order valence-corrected chi connectivity index (χ1v) is 6.23. The standard InChI is InChI=1S/C14H17ClN2O/c1-14(2,10-17-13(18)4-3-9-16)11-5-7-12(15)8-6-11/h5-8H,3-4,10H2,1-2H3,(H,17,18). The van der Waals surface area contributed by atoms with E-state index in [9.17, 15) is 4.79 Å². The lowest BCUT2D eigenvalue weighted by Gasteiger charge is -2.25. The smallest absolute Gasteiger partial charge is 0.221 e. The number of rotatable bonds is 5. The Labute approximate surface area is 113 Å². The fourth-order valence-corrected chi connectivity index (χ4v) is 1.71. The monoisotopic (exact) mass is 264 g/mol. The molecule has 1 N–H and O–H groups in total. The number of nitriles is 1. The molecule has 1 aromatic carbocycles. The Balaban J connectivity index is 2.57. The van der Waals surface area contributed by atoms with E-state index in [2.05, 4.69) is 19.2 Å². The van der Waals surface area contributed by atoms with Gasteiger partial charge in [-0.25, -0.2) is 0 Å². The summed E-state index contributed by atoms with van der Waals surface area (Å²) in [6, 6.07) is 9.57. The molecule has 1 amide bonds. The highest BCUT2D eigenvalue weighted by Gasteiger charge is 2.21. The molecule has 0 unspecified atom stereocenters. The molecule has 1 rings (SSSR count). The van der Waals surface area contributed by atoms with E-state index in [1.807, 2.05) is 30.3 Å². The highest BCUT2D eigenvalue weighted by atomic mass is 35.5. The van der Waals surface area contributed by atoms with Crippen LogP contribution in [-0.2, 0) is 10.2 Å². The number of carbonyl (C=O) groups excluding carboxylic acids is 1. The molecule has 96 valence electrons. The van der Waals surface area contributed by atoms with Gasteiger partial charge in [-0.2, -0.15) is 5.26 Å². The van der Waals surface area contributed by atoms with E-state index >= 15 is 0 Å². The number of nitrogens with one attached hydrogen (secondary N) is 1. The number of amides is 1. The Morgan fingerprint density at radius 3 is 2.56 bits per heavy atom. The highest BCUT2D eigenvalue weighted by molar-refractivity contribution is 6.30. The third-order valence-corrected chi connectivity index (χ3v) is 3.07. The van der Waals surface area contributed by atoms with Crippen molar-refractivity contribution in [3.8, 4) is 6.07 Å². The normalized spacial score (nSPS) is 10.8. The van der Waals surface area contributed by atoms with E-state index in [4.69, 9.17) is 16.9 Å². The van der Waals surface area contributed by atoms with Gasteiger partial charge in [-0.3, -0.25) is 4.79 Å². The predicted molar refractivity (Wildman–Crippen MR) is 72.3 cm³/mol. The third-order valence-electron chi connectivity index (χ3n) is 2.82. The van der Waals surface area contributed by atoms with Crippen LogP contribution in [-0.4, -0.2) is 12.5 Å². The van der Waals surface area contributed by atoms with Gasteiger partial charge in [0.2, 0.25) is 5.91 Å². The SMILES string of the molecule is CC(C)(CNC(=O)CCC#N)c1ccc(Cl)cc1. The molecule has 3 nitrogen and oxygen atoms in total. The van der Waals surface area contributed by atoms with Gasteiger partial charge >= 0.3 is 0 Å². The molecule has 1 aromatic rings. The maximum Gasteiger partial charge on any atom is 0.221 e. The summed E-state index contributed by atoms with van der Waals surface area (Å²) >= 11 is 5.85. The van der Waals surface area contributed by atoms with Crippen molar-refractivity contribution in [3.05, 3.63) is 34.9 Å². The van der Waals surface area contributed by atoms with Crippen LogP contribution in [0.3, 0.4) is 0 Å². The molecular formula is C14H17ClN2O. The van der Waals surface area contributed by atoms with Crippen molar-refractivity contribution in [3.63, 3.8) is 0 Å². The van der Waals surface area contributed by atoms with Gasteiger partial charge in [0.25, 0.3) is 0 Å². The summed E-state index contributed by atoms with van der Waals surface area (Å²) in [6.45, 7) is 4.65. The van der Waals surface area contributed by atoms with E-state index in [-0.39, 0.29) is 24.2 Å². The molecule has 0 aliphatic heterocycles. The molecule has 0 saturated heterocycles. The summed E-state index contributed by atoms with van der Waals surface area (Å²) in [5, 5.41) is 12.0. The number of carbonyl (C=O) groups is 1. The van der Waals surface area contributed by atoms with Crippen LogP contribution < -0.4 is 5.32 Å². The molecule has 0 bridgehead atoms. The molecule has 0 saturated carbocycles. The summed E-state index contributed by atoms with van der Waals surface area (Å²) in [5.41, 5.74) is 0.958. The van der Waals surface area contributed by atoms with Crippen LogP contribution >= 0.6 is 11.6 Å². The Kier molecular flexibility index (Phi) is 5.18. The minimum atomic E-state index is -0.160. The topological polar surface area (TPSA) is 52.9 Å². The molecule has 0 spiro atoms. The van der Waals surface area contributed by atoms with Gasteiger partial charge in [0.05, 0.1) is 6.07 Å². The van der Waals surface area contributed by atoms with E-state index in [1.54, 1.807) is 0 Å². The number of benzene rings is 1. The van der Waals surface area contributed by atoms with Crippen molar-refractivity contribution in [2.24, 2.45) is 0 Å². The maximum absolute atomic E-state index is 11.5. The van der Waals surface area contributed by atoms with Gasteiger partial charge in [-0.15, -0.1) is 0 Å². The minimum Gasteiger partial charge on any atom is -0.355 e. The van der Waals surface area contributed by atoms with Crippen molar-refractivity contribution < 1.29 is 4.79 Å². The quantitative estimate of drug-likeness (QED) is 0.889.